The minimum Gasteiger partial charge on any atom is -0.364 e. The molecule has 0 aliphatic carbocycles. The monoisotopic (exact) mass is 331 g/mol. The fourth-order valence-electron chi connectivity index (χ4n) is 1.47. The SMILES string of the molecule is COCn1cc/c(=N\S(=O)(=O)c2ccc(F)c(Cl)c2)nc1. The van der Waals surface area contributed by atoms with Crippen LogP contribution in [0.5, 0.6) is 0 Å². The summed E-state index contributed by atoms with van der Waals surface area (Å²) in [6, 6.07) is 4.48. The summed E-state index contributed by atoms with van der Waals surface area (Å²) in [4.78, 5) is 3.67. The average molecular weight is 332 g/mol. The third kappa shape index (κ3) is 3.87. The van der Waals surface area contributed by atoms with Gasteiger partial charge in [0, 0.05) is 13.3 Å². The molecular weight excluding hydrogens is 321 g/mol. The molecular formula is C12H11ClFN3O3S. The van der Waals surface area contributed by atoms with Crippen molar-refractivity contribution in [2.24, 2.45) is 4.40 Å². The molecule has 9 heteroatoms. The van der Waals surface area contributed by atoms with Crippen LogP contribution in [0.4, 0.5) is 4.39 Å². The van der Waals surface area contributed by atoms with E-state index >= 15 is 0 Å². The first kappa shape index (κ1) is 15.6. The second-order valence-corrected chi connectivity index (χ2v) is 6.00. The van der Waals surface area contributed by atoms with Crippen LogP contribution >= 0.6 is 11.6 Å². The van der Waals surface area contributed by atoms with Gasteiger partial charge in [-0.25, -0.2) is 9.37 Å². The number of hydrogen-bond donors (Lipinski definition) is 0. The third-order valence-electron chi connectivity index (χ3n) is 2.43. The van der Waals surface area contributed by atoms with Crippen LogP contribution in [0, 0.1) is 5.82 Å². The smallest absolute Gasteiger partial charge is 0.284 e. The van der Waals surface area contributed by atoms with E-state index in [2.05, 4.69) is 9.38 Å². The summed E-state index contributed by atoms with van der Waals surface area (Å²) in [5, 5.41) is -0.287. The number of benzene rings is 1. The van der Waals surface area contributed by atoms with Gasteiger partial charge in [-0.15, -0.1) is 4.40 Å². The molecule has 0 aliphatic heterocycles. The van der Waals surface area contributed by atoms with Crippen molar-refractivity contribution in [2.45, 2.75) is 11.6 Å². The summed E-state index contributed by atoms with van der Waals surface area (Å²) in [7, 11) is -2.49. The Balaban J connectivity index is 2.39. The lowest BCUT2D eigenvalue weighted by Gasteiger charge is -2.02. The first-order valence-electron chi connectivity index (χ1n) is 5.69. The highest BCUT2D eigenvalue weighted by atomic mass is 35.5. The first-order chi connectivity index (χ1) is 9.92. The van der Waals surface area contributed by atoms with Crippen molar-refractivity contribution >= 4 is 21.6 Å². The number of sulfonamides is 1. The van der Waals surface area contributed by atoms with Crippen molar-refractivity contribution in [1.29, 1.82) is 0 Å². The number of hydrogen-bond acceptors (Lipinski definition) is 4. The standard InChI is InChI=1S/C12H11ClFN3O3S/c1-20-8-17-5-4-12(15-7-17)16-21(18,19)9-2-3-11(14)10(13)6-9/h2-7H,8H2,1H3/b16-12+. The van der Waals surface area contributed by atoms with Gasteiger partial charge in [0.1, 0.15) is 12.5 Å². The van der Waals surface area contributed by atoms with Gasteiger partial charge in [0.05, 0.1) is 16.2 Å². The second-order valence-electron chi connectivity index (χ2n) is 3.99. The van der Waals surface area contributed by atoms with E-state index in [0.29, 0.717) is 0 Å². The molecule has 0 N–H and O–H groups in total. The molecule has 1 aromatic carbocycles. The van der Waals surface area contributed by atoms with Crippen molar-refractivity contribution in [1.82, 2.24) is 9.55 Å². The quantitative estimate of drug-likeness (QED) is 0.852. The van der Waals surface area contributed by atoms with Crippen LogP contribution in [0.3, 0.4) is 0 Å². The van der Waals surface area contributed by atoms with Crippen molar-refractivity contribution in [2.75, 3.05) is 7.11 Å². The molecule has 0 aliphatic rings. The molecule has 0 unspecified atom stereocenters. The molecule has 0 radical (unpaired) electrons. The molecule has 2 aromatic rings. The van der Waals surface area contributed by atoms with Crippen LogP contribution in [0.2, 0.25) is 5.02 Å². The normalized spacial score (nSPS) is 12.6. The number of nitrogens with zero attached hydrogens (tertiary/aromatic N) is 3. The van der Waals surface area contributed by atoms with Crippen LogP contribution in [0.15, 0.2) is 46.1 Å². The number of ether oxygens (including phenoxy) is 1. The molecule has 1 aromatic heterocycles. The zero-order valence-electron chi connectivity index (χ0n) is 10.9. The molecule has 0 saturated carbocycles. The fourth-order valence-corrected chi connectivity index (χ4v) is 2.68. The van der Waals surface area contributed by atoms with Gasteiger partial charge in [0.15, 0.2) is 5.49 Å². The van der Waals surface area contributed by atoms with E-state index in [0.717, 1.165) is 18.2 Å². The molecule has 0 atom stereocenters. The Bertz CT molecular complexity index is 800. The predicted molar refractivity (Wildman–Crippen MR) is 73.4 cm³/mol. The Labute approximate surface area is 125 Å². The lowest BCUT2D eigenvalue weighted by atomic mass is 10.3. The summed E-state index contributed by atoms with van der Waals surface area (Å²) in [6.45, 7) is 0.285. The topological polar surface area (TPSA) is 73.6 Å². The minimum absolute atomic E-state index is 0.00259. The van der Waals surface area contributed by atoms with Gasteiger partial charge in [-0.05, 0) is 24.3 Å². The lowest BCUT2D eigenvalue weighted by molar-refractivity contribution is 0.129. The van der Waals surface area contributed by atoms with Crippen LogP contribution in [-0.2, 0) is 21.5 Å². The van der Waals surface area contributed by atoms with Crippen molar-refractivity contribution in [3.05, 3.63) is 53.1 Å². The van der Waals surface area contributed by atoms with E-state index < -0.39 is 15.8 Å². The number of rotatable bonds is 4. The highest BCUT2D eigenvalue weighted by molar-refractivity contribution is 7.90. The van der Waals surface area contributed by atoms with Crippen LogP contribution in [-0.4, -0.2) is 25.1 Å². The summed E-state index contributed by atoms with van der Waals surface area (Å²) < 4.78 is 47.2. The maximum Gasteiger partial charge on any atom is 0.284 e. The second kappa shape index (κ2) is 6.33. The van der Waals surface area contributed by atoms with Crippen LogP contribution in [0.1, 0.15) is 0 Å². The van der Waals surface area contributed by atoms with Gasteiger partial charge in [-0.2, -0.15) is 8.42 Å². The lowest BCUT2D eigenvalue weighted by Crippen LogP contribution is -2.14. The van der Waals surface area contributed by atoms with E-state index in [1.807, 2.05) is 0 Å². The number of halogens is 2. The van der Waals surface area contributed by atoms with E-state index in [1.54, 1.807) is 10.8 Å². The maximum atomic E-state index is 13.0. The Hall–Kier alpha value is -1.77. The molecule has 21 heavy (non-hydrogen) atoms. The van der Waals surface area contributed by atoms with Gasteiger partial charge in [0.2, 0.25) is 0 Å². The maximum absolute atomic E-state index is 13.0. The zero-order valence-corrected chi connectivity index (χ0v) is 12.5. The molecule has 112 valence electrons. The molecule has 1 heterocycles. The highest BCUT2D eigenvalue weighted by Gasteiger charge is 2.14. The van der Waals surface area contributed by atoms with Gasteiger partial charge < -0.3 is 9.30 Å². The van der Waals surface area contributed by atoms with E-state index in [4.69, 9.17) is 16.3 Å². The zero-order chi connectivity index (χ0) is 15.5. The third-order valence-corrected chi connectivity index (χ3v) is 4.00. The van der Waals surface area contributed by atoms with Gasteiger partial charge in [-0.3, -0.25) is 0 Å². The van der Waals surface area contributed by atoms with Crippen molar-refractivity contribution in [3.8, 4) is 0 Å². The first-order valence-corrected chi connectivity index (χ1v) is 7.51. The molecule has 6 nitrogen and oxygen atoms in total. The van der Waals surface area contributed by atoms with Gasteiger partial charge >= 0.3 is 0 Å². The average Bonchev–Trinajstić information content (AvgIpc) is 2.44. The molecule has 0 fully saturated rings. The highest BCUT2D eigenvalue weighted by Crippen LogP contribution is 2.20. The van der Waals surface area contributed by atoms with E-state index in [-0.39, 0.29) is 22.1 Å². The summed E-state index contributed by atoms with van der Waals surface area (Å²) in [5.41, 5.74) is 0.00259. The minimum atomic E-state index is -4.01. The summed E-state index contributed by atoms with van der Waals surface area (Å²) >= 11 is 5.56. The molecule has 2 rings (SSSR count). The predicted octanol–water partition coefficient (Wildman–Crippen LogP) is 1.57. The van der Waals surface area contributed by atoms with Crippen LogP contribution < -0.4 is 5.49 Å². The Morgan fingerprint density at radius 3 is 2.76 bits per heavy atom. The largest absolute Gasteiger partial charge is 0.364 e. The fraction of sp³-hybridized carbons (Fsp3) is 0.167. The van der Waals surface area contributed by atoms with Crippen molar-refractivity contribution in [3.63, 3.8) is 0 Å². The molecule has 0 bridgehead atoms. The number of methoxy groups -OCH3 is 1. The Morgan fingerprint density at radius 1 is 1.43 bits per heavy atom. The van der Waals surface area contributed by atoms with E-state index in [1.165, 1.54) is 19.5 Å². The van der Waals surface area contributed by atoms with Gasteiger partial charge in [0.25, 0.3) is 10.0 Å². The molecule has 0 saturated heterocycles. The Morgan fingerprint density at radius 2 is 2.19 bits per heavy atom. The van der Waals surface area contributed by atoms with Crippen LogP contribution in [0.25, 0.3) is 0 Å². The molecule has 0 spiro atoms. The summed E-state index contributed by atoms with van der Waals surface area (Å²) in [5.74, 6) is -0.700. The van der Waals surface area contributed by atoms with Gasteiger partial charge in [-0.1, -0.05) is 11.6 Å². The summed E-state index contributed by atoms with van der Waals surface area (Å²) in [6.07, 6.45) is 2.96. The van der Waals surface area contributed by atoms with Crippen molar-refractivity contribution < 1.29 is 17.5 Å². The molecule has 0 amide bonds. The van der Waals surface area contributed by atoms with E-state index in [9.17, 15) is 12.8 Å². The Kier molecular flexibility index (Phi) is 4.71. The number of aromatic nitrogens is 2.